The third kappa shape index (κ3) is 5.07. The van der Waals surface area contributed by atoms with E-state index in [0.29, 0.717) is 6.42 Å². The van der Waals surface area contributed by atoms with Gasteiger partial charge in [-0.15, -0.1) is 0 Å². The largest absolute Gasteiger partial charge is 0.447 e. The van der Waals surface area contributed by atoms with E-state index in [2.05, 4.69) is 5.32 Å². The van der Waals surface area contributed by atoms with Crippen LogP contribution in [0.2, 0.25) is 0 Å². The molecule has 0 fully saturated rings. The first kappa shape index (κ1) is 13.2. The minimum Gasteiger partial charge on any atom is -0.447 e. The van der Waals surface area contributed by atoms with Crippen molar-refractivity contribution in [2.75, 3.05) is 6.61 Å². The average Bonchev–Trinajstić information content (AvgIpc) is 2.02. The Balaban J connectivity index is 4.10. The Morgan fingerprint density at radius 3 is 2.50 bits per heavy atom. The van der Waals surface area contributed by atoms with E-state index in [9.17, 15) is 4.79 Å². The van der Waals surface area contributed by atoms with Crippen LogP contribution >= 0.6 is 0 Å². The van der Waals surface area contributed by atoms with E-state index in [0.717, 1.165) is 6.42 Å². The maximum Gasteiger partial charge on any atom is 0.407 e. The van der Waals surface area contributed by atoms with Crippen molar-refractivity contribution in [1.29, 1.82) is 0 Å². The molecule has 1 atom stereocenters. The molecule has 0 rings (SSSR count). The topological polar surface area (TPSA) is 58.6 Å². The fourth-order valence-electron chi connectivity index (χ4n) is 1.06. The first-order chi connectivity index (χ1) is 6.43. The highest BCUT2D eigenvalue weighted by Gasteiger charge is 2.24. The summed E-state index contributed by atoms with van der Waals surface area (Å²) >= 11 is 0. The second-order valence-electron chi connectivity index (χ2n) is 3.97. The number of nitrogens with one attached hydrogen (secondary N) is 1. The second-order valence-corrected chi connectivity index (χ2v) is 3.97. The van der Waals surface area contributed by atoms with Gasteiger partial charge < -0.3 is 15.2 Å². The molecule has 4 heteroatoms. The number of rotatable bonds is 5. The van der Waals surface area contributed by atoms with Gasteiger partial charge in [0.2, 0.25) is 0 Å². The number of hydrogen-bond acceptors (Lipinski definition) is 3. The molecular weight excluding hydrogens is 182 g/mol. The molecule has 0 aromatic carbocycles. The predicted octanol–water partition coefficient (Wildman–Crippen LogP) is 1.67. The maximum absolute atomic E-state index is 11.3. The standard InChI is InChI=1S/C10H21NO3/c1-5-10(4,6-7-12)11-9(13)14-8(2)3/h8,12H,5-7H2,1-4H3,(H,11,13). The number of ether oxygens (including phenoxy) is 1. The summed E-state index contributed by atoms with van der Waals surface area (Å²) in [6.45, 7) is 7.52. The fraction of sp³-hybridized carbons (Fsp3) is 0.900. The lowest BCUT2D eigenvalue weighted by Crippen LogP contribution is -2.46. The minimum absolute atomic E-state index is 0.0618. The molecule has 0 aromatic rings. The Hall–Kier alpha value is -0.770. The number of carbonyl (C=O) groups is 1. The molecule has 0 heterocycles. The average molecular weight is 203 g/mol. The smallest absolute Gasteiger partial charge is 0.407 e. The quantitative estimate of drug-likeness (QED) is 0.714. The maximum atomic E-state index is 11.3. The van der Waals surface area contributed by atoms with Gasteiger partial charge in [-0.2, -0.15) is 0 Å². The highest BCUT2D eigenvalue weighted by Crippen LogP contribution is 2.13. The molecule has 0 saturated heterocycles. The van der Waals surface area contributed by atoms with Gasteiger partial charge in [-0.25, -0.2) is 4.79 Å². The Morgan fingerprint density at radius 1 is 1.57 bits per heavy atom. The first-order valence-electron chi connectivity index (χ1n) is 5.03. The number of alkyl carbamates (subject to hydrolysis) is 1. The van der Waals surface area contributed by atoms with Crippen molar-refractivity contribution >= 4 is 6.09 Å². The van der Waals surface area contributed by atoms with Crippen molar-refractivity contribution in [3.8, 4) is 0 Å². The van der Waals surface area contributed by atoms with E-state index in [1.807, 2.05) is 13.8 Å². The number of amides is 1. The molecule has 0 aliphatic rings. The van der Waals surface area contributed by atoms with Crippen molar-refractivity contribution in [3.05, 3.63) is 0 Å². The molecule has 0 bridgehead atoms. The van der Waals surface area contributed by atoms with Crippen LogP contribution in [0.25, 0.3) is 0 Å². The van der Waals surface area contributed by atoms with Gasteiger partial charge in [0, 0.05) is 12.1 Å². The number of aliphatic hydroxyl groups excluding tert-OH is 1. The van der Waals surface area contributed by atoms with E-state index < -0.39 is 6.09 Å². The van der Waals surface area contributed by atoms with Gasteiger partial charge >= 0.3 is 6.09 Å². The highest BCUT2D eigenvalue weighted by molar-refractivity contribution is 5.68. The SMILES string of the molecule is CCC(C)(CCO)NC(=O)OC(C)C. The summed E-state index contributed by atoms with van der Waals surface area (Å²) in [7, 11) is 0. The number of carbonyl (C=O) groups excluding carboxylic acids is 1. The van der Waals surface area contributed by atoms with Crippen LogP contribution < -0.4 is 5.32 Å². The molecule has 0 aromatic heterocycles. The number of hydrogen-bond donors (Lipinski definition) is 2. The Morgan fingerprint density at radius 2 is 2.14 bits per heavy atom. The van der Waals surface area contributed by atoms with Crippen molar-refractivity contribution in [1.82, 2.24) is 5.32 Å². The summed E-state index contributed by atoms with van der Waals surface area (Å²) in [5.41, 5.74) is -0.374. The van der Waals surface area contributed by atoms with Crippen molar-refractivity contribution in [2.45, 2.75) is 52.2 Å². The molecule has 1 unspecified atom stereocenters. The summed E-state index contributed by atoms with van der Waals surface area (Å²) in [5.74, 6) is 0. The van der Waals surface area contributed by atoms with E-state index in [4.69, 9.17) is 9.84 Å². The van der Waals surface area contributed by atoms with Gasteiger partial charge in [0.05, 0.1) is 6.10 Å². The zero-order chi connectivity index (χ0) is 11.2. The second kappa shape index (κ2) is 5.86. The summed E-state index contributed by atoms with van der Waals surface area (Å²) in [6, 6.07) is 0. The van der Waals surface area contributed by atoms with E-state index in [1.54, 1.807) is 13.8 Å². The zero-order valence-corrected chi connectivity index (χ0v) is 9.46. The molecule has 0 aliphatic heterocycles. The lowest BCUT2D eigenvalue weighted by molar-refractivity contribution is 0.101. The molecule has 0 saturated carbocycles. The normalized spacial score (nSPS) is 15.0. The zero-order valence-electron chi connectivity index (χ0n) is 9.46. The Kier molecular flexibility index (Phi) is 5.53. The van der Waals surface area contributed by atoms with Crippen LogP contribution in [-0.2, 0) is 4.74 Å². The fourth-order valence-corrected chi connectivity index (χ4v) is 1.06. The molecule has 1 amide bonds. The molecule has 0 radical (unpaired) electrons. The summed E-state index contributed by atoms with van der Waals surface area (Å²) in [4.78, 5) is 11.3. The Labute approximate surface area is 85.6 Å². The monoisotopic (exact) mass is 203 g/mol. The van der Waals surface area contributed by atoms with Crippen LogP contribution in [0.1, 0.15) is 40.5 Å². The van der Waals surface area contributed by atoms with Gasteiger partial charge in [-0.1, -0.05) is 6.92 Å². The van der Waals surface area contributed by atoms with Crippen molar-refractivity contribution in [2.24, 2.45) is 0 Å². The van der Waals surface area contributed by atoms with E-state index in [-0.39, 0.29) is 18.2 Å². The molecule has 0 aliphatic carbocycles. The first-order valence-corrected chi connectivity index (χ1v) is 5.03. The van der Waals surface area contributed by atoms with E-state index in [1.165, 1.54) is 0 Å². The molecule has 84 valence electrons. The summed E-state index contributed by atoms with van der Waals surface area (Å²) < 4.78 is 4.96. The van der Waals surface area contributed by atoms with Gasteiger partial charge in [0.15, 0.2) is 0 Å². The van der Waals surface area contributed by atoms with Gasteiger partial charge in [0.25, 0.3) is 0 Å². The third-order valence-electron chi connectivity index (χ3n) is 2.19. The van der Waals surface area contributed by atoms with Gasteiger partial charge in [-0.3, -0.25) is 0 Å². The lowest BCUT2D eigenvalue weighted by Gasteiger charge is -2.28. The summed E-state index contributed by atoms with van der Waals surface area (Å²) in [5, 5.41) is 11.6. The molecular formula is C10H21NO3. The van der Waals surface area contributed by atoms with Gasteiger partial charge in [-0.05, 0) is 33.6 Å². The van der Waals surface area contributed by atoms with E-state index >= 15 is 0 Å². The van der Waals surface area contributed by atoms with Crippen LogP contribution in [0.4, 0.5) is 4.79 Å². The molecule has 4 nitrogen and oxygen atoms in total. The lowest BCUT2D eigenvalue weighted by atomic mass is 9.95. The van der Waals surface area contributed by atoms with Crippen LogP contribution in [0.5, 0.6) is 0 Å². The molecule has 2 N–H and O–H groups in total. The number of aliphatic hydroxyl groups is 1. The van der Waals surface area contributed by atoms with Crippen LogP contribution in [0, 0.1) is 0 Å². The predicted molar refractivity (Wildman–Crippen MR) is 55.2 cm³/mol. The van der Waals surface area contributed by atoms with Crippen LogP contribution in [-0.4, -0.2) is 29.4 Å². The molecule has 0 spiro atoms. The van der Waals surface area contributed by atoms with Crippen LogP contribution in [0.3, 0.4) is 0 Å². The molecule has 14 heavy (non-hydrogen) atoms. The van der Waals surface area contributed by atoms with Gasteiger partial charge in [0.1, 0.15) is 0 Å². The van der Waals surface area contributed by atoms with Crippen molar-refractivity contribution in [3.63, 3.8) is 0 Å². The minimum atomic E-state index is -0.419. The highest BCUT2D eigenvalue weighted by atomic mass is 16.6. The third-order valence-corrected chi connectivity index (χ3v) is 2.19. The Bertz CT molecular complexity index is 182. The van der Waals surface area contributed by atoms with Crippen molar-refractivity contribution < 1.29 is 14.6 Å². The summed E-state index contributed by atoms with van der Waals surface area (Å²) in [6.07, 6.45) is 0.764. The van der Waals surface area contributed by atoms with Crippen LogP contribution in [0.15, 0.2) is 0 Å².